The van der Waals surface area contributed by atoms with E-state index in [-0.39, 0.29) is 16.8 Å². The number of nitrogens with one attached hydrogen (secondary N) is 2. The van der Waals surface area contributed by atoms with Gasteiger partial charge in [0, 0.05) is 33.2 Å². The van der Waals surface area contributed by atoms with Gasteiger partial charge in [-0.3, -0.25) is 4.99 Å². The summed E-state index contributed by atoms with van der Waals surface area (Å²) in [5.74, 6) is 0.340. The Morgan fingerprint density at radius 3 is 2.14 bits per heavy atom. The van der Waals surface area contributed by atoms with Crippen molar-refractivity contribution in [3.63, 3.8) is 0 Å². The van der Waals surface area contributed by atoms with Crippen molar-refractivity contribution in [2.24, 2.45) is 4.99 Å². The van der Waals surface area contributed by atoms with E-state index < -0.39 is 10.0 Å². The fourth-order valence-electron chi connectivity index (χ4n) is 2.56. The van der Waals surface area contributed by atoms with Crippen LogP contribution in [0.4, 0.5) is 4.39 Å². The molecule has 8 heteroatoms. The first-order valence-electron chi connectivity index (χ1n) is 9.41. The summed E-state index contributed by atoms with van der Waals surface area (Å²) in [4.78, 5) is 4.42. The maximum absolute atomic E-state index is 13.6. The third kappa shape index (κ3) is 6.01. The molecule has 158 valence electrons. The monoisotopic (exact) mass is 420 g/mol. The quantitative estimate of drug-likeness (QED) is 0.533. The van der Waals surface area contributed by atoms with Crippen LogP contribution in [0.15, 0.2) is 52.4 Å². The van der Waals surface area contributed by atoms with Crippen LogP contribution < -0.4 is 10.6 Å². The molecule has 0 unspecified atom stereocenters. The van der Waals surface area contributed by atoms with Crippen LogP contribution in [0.3, 0.4) is 0 Å². The summed E-state index contributed by atoms with van der Waals surface area (Å²) in [6.45, 7) is 6.31. The van der Waals surface area contributed by atoms with Crippen LogP contribution in [0, 0.1) is 12.7 Å². The number of hydrogen-bond acceptors (Lipinski definition) is 3. The maximum Gasteiger partial charge on any atom is 0.243 e. The van der Waals surface area contributed by atoms with Crippen molar-refractivity contribution in [3.05, 3.63) is 65.0 Å². The molecule has 0 atom stereocenters. The molecule has 2 aromatic carbocycles. The molecular weight excluding hydrogens is 391 g/mol. The number of nitrogens with zero attached hydrogens (tertiary/aromatic N) is 2. The molecule has 0 aliphatic carbocycles. The Bertz CT molecular complexity index is 957. The second-order valence-corrected chi connectivity index (χ2v) is 9.12. The Balaban J connectivity index is 1.95. The number of aryl methyl sites for hydroxylation is 1. The summed E-state index contributed by atoms with van der Waals surface area (Å²) in [5.41, 5.74) is 2.35. The highest BCUT2D eigenvalue weighted by Gasteiger charge is 2.22. The normalized spacial score (nSPS) is 12.5. The van der Waals surface area contributed by atoms with E-state index in [1.54, 1.807) is 51.4 Å². The number of sulfonamides is 1. The zero-order valence-electron chi connectivity index (χ0n) is 17.5. The number of guanidine groups is 1. The van der Waals surface area contributed by atoms with Gasteiger partial charge in [-0.05, 0) is 55.7 Å². The first-order chi connectivity index (χ1) is 13.6. The second-order valence-electron chi connectivity index (χ2n) is 7.12. The lowest BCUT2D eigenvalue weighted by Crippen LogP contribution is -2.36. The Hall–Kier alpha value is -2.45. The molecule has 0 radical (unpaired) electrons. The van der Waals surface area contributed by atoms with Gasteiger partial charge in [0.25, 0.3) is 0 Å². The SMILES string of the molecule is CN=C(NCc1ccc(S(=O)(=O)N(C)C(C)C)cc1)NCc1ccc(C)c(F)c1. The van der Waals surface area contributed by atoms with E-state index in [0.29, 0.717) is 24.6 Å². The van der Waals surface area contributed by atoms with Crippen molar-refractivity contribution in [1.29, 1.82) is 0 Å². The van der Waals surface area contributed by atoms with Crippen molar-refractivity contribution in [2.45, 2.75) is 44.8 Å². The average Bonchev–Trinajstić information content (AvgIpc) is 2.70. The fraction of sp³-hybridized carbons (Fsp3) is 0.381. The number of halogens is 1. The summed E-state index contributed by atoms with van der Waals surface area (Å²) in [5, 5.41) is 6.30. The van der Waals surface area contributed by atoms with Crippen molar-refractivity contribution in [1.82, 2.24) is 14.9 Å². The van der Waals surface area contributed by atoms with E-state index >= 15 is 0 Å². The summed E-state index contributed by atoms with van der Waals surface area (Å²) < 4.78 is 40.0. The molecule has 0 heterocycles. The second kappa shape index (κ2) is 9.84. The van der Waals surface area contributed by atoms with E-state index in [4.69, 9.17) is 0 Å². The predicted molar refractivity (Wildman–Crippen MR) is 115 cm³/mol. The van der Waals surface area contributed by atoms with Gasteiger partial charge < -0.3 is 10.6 Å². The predicted octanol–water partition coefficient (Wildman–Crippen LogP) is 3.03. The first kappa shape index (κ1) is 22.8. The van der Waals surface area contributed by atoms with Crippen LogP contribution in [0.2, 0.25) is 0 Å². The Kier molecular flexibility index (Phi) is 7.75. The largest absolute Gasteiger partial charge is 0.352 e. The van der Waals surface area contributed by atoms with Gasteiger partial charge in [-0.15, -0.1) is 0 Å². The Morgan fingerprint density at radius 1 is 1.07 bits per heavy atom. The molecule has 2 rings (SSSR count). The van der Waals surface area contributed by atoms with Gasteiger partial charge in [0.1, 0.15) is 5.82 Å². The minimum absolute atomic E-state index is 0.113. The van der Waals surface area contributed by atoms with Crippen LogP contribution in [0.5, 0.6) is 0 Å². The highest BCUT2D eigenvalue weighted by Crippen LogP contribution is 2.17. The molecule has 0 aliphatic rings. The standard InChI is InChI=1S/C21H29FN4O2S/c1-15(2)26(5)29(27,28)19-10-8-17(9-11-19)13-24-21(23-4)25-14-18-7-6-16(3)20(22)12-18/h6-12,15H,13-14H2,1-5H3,(H2,23,24,25). The van der Waals surface area contributed by atoms with Gasteiger partial charge in [-0.25, -0.2) is 12.8 Å². The Labute approximate surface area is 172 Å². The molecule has 2 aromatic rings. The van der Waals surface area contributed by atoms with Gasteiger partial charge >= 0.3 is 0 Å². The average molecular weight is 421 g/mol. The Morgan fingerprint density at radius 2 is 1.62 bits per heavy atom. The van der Waals surface area contributed by atoms with E-state index in [1.165, 1.54) is 10.4 Å². The molecule has 0 saturated carbocycles. The zero-order chi connectivity index (χ0) is 21.6. The van der Waals surface area contributed by atoms with Gasteiger partial charge in [0.15, 0.2) is 5.96 Å². The first-order valence-corrected chi connectivity index (χ1v) is 10.9. The van der Waals surface area contributed by atoms with E-state index in [9.17, 15) is 12.8 Å². The van der Waals surface area contributed by atoms with Gasteiger partial charge in [0.05, 0.1) is 4.90 Å². The number of benzene rings is 2. The maximum atomic E-state index is 13.6. The minimum Gasteiger partial charge on any atom is -0.352 e. The van der Waals surface area contributed by atoms with Crippen molar-refractivity contribution in [3.8, 4) is 0 Å². The molecule has 2 N–H and O–H groups in total. The lowest BCUT2D eigenvalue weighted by Gasteiger charge is -2.21. The van der Waals surface area contributed by atoms with Gasteiger partial charge in [0.2, 0.25) is 10.0 Å². The molecule has 29 heavy (non-hydrogen) atoms. The van der Waals surface area contributed by atoms with E-state index in [2.05, 4.69) is 15.6 Å². The van der Waals surface area contributed by atoms with Gasteiger partial charge in [-0.2, -0.15) is 4.31 Å². The zero-order valence-corrected chi connectivity index (χ0v) is 18.3. The molecule has 0 aliphatic heterocycles. The summed E-state index contributed by atoms with van der Waals surface area (Å²) in [7, 11) is -0.261. The topological polar surface area (TPSA) is 73.8 Å². The highest BCUT2D eigenvalue weighted by atomic mass is 32.2. The van der Waals surface area contributed by atoms with Crippen LogP contribution in [-0.2, 0) is 23.1 Å². The molecule has 0 fully saturated rings. The molecule has 6 nitrogen and oxygen atoms in total. The molecule has 0 saturated heterocycles. The molecular formula is C21H29FN4O2S. The fourth-order valence-corrected chi connectivity index (χ4v) is 3.93. The van der Waals surface area contributed by atoms with Crippen LogP contribution in [0.1, 0.15) is 30.5 Å². The van der Waals surface area contributed by atoms with Crippen LogP contribution in [0.25, 0.3) is 0 Å². The van der Waals surface area contributed by atoms with Crippen molar-refractivity contribution in [2.75, 3.05) is 14.1 Å². The van der Waals surface area contributed by atoms with E-state index in [0.717, 1.165) is 11.1 Å². The lowest BCUT2D eigenvalue weighted by atomic mass is 10.1. The lowest BCUT2D eigenvalue weighted by molar-refractivity contribution is 0.410. The van der Waals surface area contributed by atoms with Crippen molar-refractivity contribution < 1.29 is 12.8 Å². The third-order valence-electron chi connectivity index (χ3n) is 4.71. The van der Waals surface area contributed by atoms with Crippen molar-refractivity contribution >= 4 is 16.0 Å². The number of hydrogen-bond donors (Lipinski definition) is 2. The number of rotatable bonds is 7. The van der Waals surface area contributed by atoms with E-state index in [1.807, 2.05) is 19.9 Å². The summed E-state index contributed by atoms with van der Waals surface area (Å²) >= 11 is 0. The summed E-state index contributed by atoms with van der Waals surface area (Å²) in [6, 6.07) is 11.8. The third-order valence-corrected chi connectivity index (χ3v) is 6.76. The van der Waals surface area contributed by atoms with Crippen LogP contribution in [-0.4, -0.2) is 38.8 Å². The van der Waals surface area contributed by atoms with Gasteiger partial charge in [-0.1, -0.05) is 24.3 Å². The smallest absolute Gasteiger partial charge is 0.243 e. The molecule has 0 spiro atoms. The molecule has 0 amide bonds. The molecule has 0 bridgehead atoms. The summed E-state index contributed by atoms with van der Waals surface area (Å²) in [6.07, 6.45) is 0. The highest BCUT2D eigenvalue weighted by molar-refractivity contribution is 7.89. The minimum atomic E-state index is -3.49. The number of aliphatic imine (C=N–C) groups is 1. The molecule has 0 aromatic heterocycles. The van der Waals surface area contributed by atoms with Crippen LogP contribution >= 0.6 is 0 Å².